The molecule has 0 saturated carbocycles. The molecule has 0 amide bonds. The molecule has 1 aromatic rings. The monoisotopic (exact) mass is 238 g/mol. The van der Waals surface area contributed by atoms with E-state index in [1.54, 1.807) is 12.1 Å². The second-order valence-corrected chi connectivity index (χ2v) is 5.16. The molecule has 17 heavy (non-hydrogen) atoms. The number of halogens is 1. The van der Waals surface area contributed by atoms with Crippen LogP contribution < -0.4 is 4.74 Å². The van der Waals surface area contributed by atoms with Gasteiger partial charge in [-0.2, -0.15) is 0 Å². The van der Waals surface area contributed by atoms with Crippen molar-refractivity contribution in [1.82, 2.24) is 0 Å². The highest BCUT2D eigenvalue weighted by Crippen LogP contribution is 2.17. The summed E-state index contributed by atoms with van der Waals surface area (Å²) in [4.78, 5) is 0. The zero-order valence-electron chi connectivity index (χ0n) is 10.5. The van der Waals surface area contributed by atoms with Gasteiger partial charge in [0.1, 0.15) is 11.6 Å². The lowest BCUT2D eigenvalue weighted by Crippen LogP contribution is -2.42. The molecule has 3 heteroatoms. The van der Waals surface area contributed by atoms with Gasteiger partial charge in [0.05, 0.1) is 33.3 Å². The Hall–Kier alpha value is -1.09. The molecule has 1 aliphatic heterocycles. The fourth-order valence-corrected chi connectivity index (χ4v) is 2.52. The van der Waals surface area contributed by atoms with E-state index >= 15 is 0 Å². The van der Waals surface area contributed by atoms with Gasteiger partial charge in [-0.25, -0.2) is 4.39 Å². The first kappa shape index (κ1) is 12.4. The Labute approximate surface area is 103 Å². The predicted molar refractivity (Wildman–Crippen MR) is 66.5 cm³/mol. The summed E-state index contributed by atoms with van der Waals surface area (Å²) in [6.07, 6.45) is 3.73. The minimum Gasteiger partial charge on any atom is -0.493 e. The van der Waals surface area contributed by atoms with Gasteiger partial charge in [0.25, 0.3) is 0 Å². The summed E-state index contributed by atoms with van der Waals surface area (Å²) in [5.41, 5.74) is 0. The molecule has 1 saturated heterocycles. The van der Waals surface area contributed by atoms with Crippen LogP contribution in [-0.2, 0) is 0 Å². The quantitative estimate of drug-likeness (QED) is 0.566. The highest BCUT2D eigenvalue weighted by Gasteiger charge is 2.25. The first-order valence-electron chi connectivity index (χ1n) is 6.40. The molecule has 0 unspecified atom stereocenters. The lowest BCUT2D eigenvalue weighted by atomic mass is 10.3. The van der Waals surface area contributed by atoms with Crippen LogP contribution in [-0.4, -0.2) is 37.8 Å². The minimum atomic E-state index is -0.235. The van der Waals surface area contributed by atoms with Gasteiger partial charge >= 0.3 is 0 Å². The molecular formula is C14H21FNO+. The van der Waals surface area contributed by atoms with Gasteiger partial charge in [-0.05, 0) is 12.1 Å². The molecule has 0 aliphatic carbocycles. The summed E-state index contributed by atoms with van der Waals surface area (Å²) >= 11 is 0. The zero-order valence-corrected chi connectivity index (χ0v) is 10.5. The average Bonchev–Trinajstić information content (AvgIpc) is 2.72. The third-order valence-corrected chi connectivity index (χ3v) is 3.55. The molecule has 1 aromatic carbocycles. The second kappa shape index (κ2) is 5.50. The molecule has 0 N–H and O–H groups in total. The maximum atomic E-state index is 12.9. The fraction of sp³-hybridized carbons (Fsp3) is 0.571. The second-order valence-electron chi connectivity index (χ2n) is 5.16. The molecular weight excluding hydrogens is 217 g/mol. The summed E-state index contributed by atoms with van der Waals surface area (Å²) in [6, 6.07) is 6.35. The Morgan fingerprint density at radius 2 is 2.06 bits per heavy atom. The van der Waals surface area contributed by atoms with Gasteiger partial charge in [0.15, 0.2) is 0 Å². The number of ether oxygens (including phenoxy) is 1. The van der Waals surface area contributed by atoms with Crippen LogP contribution in [0.3, 0.4) is 0 Å². The molecule has 1 fully saturated rings. The van der Waals surface area contributed by atoms with E-state index in [9.17, 15) is 4.39 Å². The van der Waals surface area contributed by atoms with E-state index in [0.717, 1.165) is 13.0 Å². The SMILES string of the molecule is C[N+]1(CCCOc2cccc(F)c2)CCCC1. The van der Waals surface area contributed by atoms with Crippen LogP contribution in [0.5, 0.6) is 5.75 Å². The lowest BCUT2D eigenvalue weighted by molar-refractivity contribution is -0.897. The molecule has 0 radical (unpaired) electrons. The van der Waals surface area contributed by atoms with Crippen LogP contribution in [0.25, 0.3) is 0 Å². The maximum absolute atomic E-state index is 12.9. The molecule has 1 heterocycles. The number of hydrogen-bond donors (Lipinski definition) is 0. The van der Waals surface area contributed by atoms with Crippen LogP contribution in [0.2, 0.25) is 0 Å². The first-order chi connectivity index (χ1) is 8.18. The smallest absolute Gasteiger partial charge is 0.126 e. The fourth-order valence-electron chi connectivity index (χ4n) is 2.52. The number of hydrogen-bond acceptors (Lipinski definition) is 1. The Bertz CT molecular complexity index is 361. The molecule has 0 atom stereocenters. The van der Waals surface area contributed by atoms with E-state index in [1.165, 1.54) is 42.5 Å². The van der Waals surface area contributed by atoms with Crippen molar-refractivity contribution in [3.8, 4) is 5.75 Å². The van der Waals surface area contributed by atoms with E-state index in [4.69, 9.17) is 4.74 Å². The molecule has 0 spiro atoms. The highest BCUT2D eigenvalue weighted by molar-refractivity contribution is 5.22. The van der Waals surface area contributed by atoms with Crippen molar-refractivity contribution in [1.29, 1.82) is 0 Å². The van der Waals surface area contributed by atoms with Crippen molar-refractivity contribution >= 4 is 0 Å². The van der Waals surface area contributed by atoms with E-state index in [-0.39, 0.29) is 5.82 Å². The number of rotatable bonds is 5. The predicted octanol–water partition coefficient (Wildman–Crippen LogP) is 2.84. The van der Waals surface area contributed by atoms with Crippen molar-refractivity contribution < 1.29 is 13.6 Å². The van der Waals surface area contributed by atoms with Crippen LogP contribution in [0.15, 0.2) is 24.3 Å². The molecule has 2 rings (SSSR count). The molecule has 94 valence electrons. The average molecular weight is 238 g/mol. The molecule has 0 aromatic heterocycles. The maximum Gasteiger partial charge on any atom is 0.126 e. The molecule has 0 bridgehead atoms. The normalized spacial score (nSPS) is 18.2. The van der Waals surface area contributed by atoms with Gasteiger partial charge < -0.3 is 9.22 Å². The first-order valence-corrected chi connectivity index (χ1v) is 6.40. The highest BCUT2D eigenvalue weighted by atomic mass is 19.1. The van der Waals surface area contributed by atoms with E-state index in [1.807, 2.05) is 0 Å². The van der Waals surface area contributed by atoms with Crippen LogP contribution >= 0.6 is 0 Å². The third-order valence-electron chi connectivity index (χ3n) is 3.55. The van der Waals surface area contributed by atoms with Crippen molar-refractivity contribution in [2.45, 2.75) is 19.3 Å². The van der Waals surface area contributed by atoms with Crippen LogP contribution in [0, 0.1) is 5.82 Å². The zero-order chi connectivity index (χ0) is 12.1. The lowest BCUT2D eigenvalue weighted by Gasteiger charge is -2.29. The van der Waals surface area contributed by atoms with Crippen molar-refractivity contribution in [3.05, 3.63) is 30.1 Å². The standard InChI is InChI=1S/C14H21FNO/c1-16(8-2-3-9-16)10-5-11-17-14-7-4-6-13(15)12-14/h4,6-7,12H,2-3,5,8-11H2,1H3/q+1. The summed E-state index contributed by atoms with van der Waals surface area (Å²) in [6.45, 7) is 4.42. The van der Waals surface area contributed by atoms with E-state index in [2.05, 4.69) is 7.05 Å². The van der Waals surface area contributed by atoms with E-state index < -0.39 is 0 Å². The third kappa shape index (κ3) is 3.70. The van der Waals surface area contributed by atoms with E-state index in [0.29, 0.717) is 12.4 Å². The van der Waals surface area contributed by atoms with Gasteiger partial charge in [-0.1, -0.05) is 6.07 Å². The van der Waals surface area contributed by atoms with Crippen molar-refractivity contribution in [2.24, 2.45) is 0 Å². The molecule has 2 nitrogen and oxygen atoms in total. The Morgan fingerprint density at radius 3 is 2.76 bits per heavy atom. The summed E-state index contributed by atoms with van der Waals surface area (Å²) in [5, 5.41) is 0. The summed E-state index contributed by atoms with van der Waals surface area (Å²) < 4.78 is 19.6. The number of likely N-dealkylation sites (tertiary alicyclic amines) is 1. The van der Waals surface area contributed by atoms with Crippen molar-refractivity contribution in [3.63, 3.8) is 0 Å². The minimum absolute atomic E-state index is 0.235. The number of quaternary nitrogens is 1. The van der Waals surface area contributed by atoms with Gasteiger partial charge in [0, 0.05) is 25.3 Å². The van der Waals surface area contributed by atoms with Gasteiger partial charge in [0.2, 0.25) is 0 Å². The van der Waals surface area contributed by atoms with Gasteiger partial charge in [-0.15, -0.1) is 0 Å². The van der Waals surface area contributed by atoms with Crippen LogP contribution in [0.1, 0.15) is 19.3 Å². The molecule has 1 aliphatic rings. The van der Waals surface area contributed by atoms with Crippen LogP contribution in [0.4, 0.5) is 4.39 Å². The summed E-state index contributed by atoms with van der Waals surface area (Å²) in [5.74, 6) is 0.398. The van der Waals surface area contributed by atoms with Gasteiger partial charge in [-0.3, -0.25) is 0 Å². The number of benzene rings is 1. The topological polar surface area (TPSA) is 9.23 Å². The Morgan fingerprint density at radius 1 is 1.29 bits per heavy atom. The number of nitrogens with zero attached hydrogens (tertiary/aromatic N) is 1. The Kier molecular flexibility index (Phi) is 4.00. The summed E-state index contributed by atoms with van der Waals surface area (Å²) in [7, 11) is 2.31. The van der Waals surface area contributed by atoms with Crippen molar-refractivity contribution in [2.75, 3.05) is 33.3 Å². The largest absolute Gasteiger partial charge is 0.493 e. The Balaban J connectivity index is 1.69.